The maximum atomic E-state index is 3.99. The molecule has 1 aromatic carbocycles. The van der Waals surface area contributed by atoms with E-state index in [4.69, 9.17) is 0 Å². The van der Waals surface area contributed by atoms with Crippen molar-refractivity contribution in [2.24, 2.45) is 0 Å². The Morgan fingerprint density at radius 2 is 2.16 bits per heavy atom. The van der Waals surface area contributed by atoms with Crippen LogP contribution in [0, 0.1) is 0 Å². The Bertz CT molecular complexity index is 432. The molecule has 1 saturated heterocycles. The van der Waals surface area contributed by atoms with Crippen LogP contribution in [0.25, 0.3) is 0 Å². The standard InChI is InChI=1S/C16H23BrN2/c1-4-15-10-18-16(3,12-19(15)11-13(2)17)14-8-6-5-7-9-14/h5-9,15,18H,2,4,10-12H2,1,3H3. The Morgan fingerprint density at radius 3 is 2.74 bits per heavy atom. The molecule has 0 spiro atoms. The number of halogens is 1. The first-order valence-electron chi connectivity index (χ1n) is 6.93. The molecule has 19 heavy (non-hydrogen) atoms. The number of nitrogens with zero attached hydrogens (tertiary/aromatic N) is 1. The molecule has 1 fully saturated rings. The Labute approximate surface area is 125 Å². The number of hydrogen-bond donors (Lipinski definition) is 1. The molecule has 1 aliphatic heterocycles. The van der Waals surface area contributed by atoms with E-state index in [1.165, 1.54) is 5.56 Å². The second kappa shape index (κ2) is 6.21. The minimum Gasteiger partial charge on any atom is -0.305 e. The lowest BCUT2D eigenvalue weighted by Gasteiger charge is -2.46. The van der Waals surface area contributed by atoms with Gasteiger partial charge in [0.2, 0.25) is 0 Å². The normalized spacial score (nSPS) is 28.3. The summed E-state index contributed by atoms with van der Waals surface area (Å²) < 4.78 is 1.06. The summed E-state index contributed by atoms with van der Waals surface area (Å²) >= 11 is 3.50. The van der Waals surface area contributed by atoms with Gasteiger partial charge in [0, 0.05) is 30.2 Å². The molecular formula is C16H23BrN2. The summed E-state index contributed by atoms with van der Waals surface area (Å²) in [7, 11) is 0. The molecule has 0 aromatic heterocycles. The van der Waals surface area contributed by atoms with Crippen LogP contribution in [0.15, 0.2) is 41.4 Å². The first-order chi connectivity index (χ1) is 9.05. The highest BCUT2D eigenvalue weighted by molar-refractivity contribution is 9.11. The highest BCUT2D eigenvalue weighted by atomic mass is 79.9. The molecule has 1 aliphatic rings. The molecule has 2 unspecified atom stereocenters. The molecule has 2 atom stereocenters. The fraction of sp³-hybridized carbons (Fsp3) is 0.500. The first-order valence-corrected chi connectivity index (χ1v) is 7.72. The van der Waals surface area contributed by atoms with Gasteiger partial charge in [-0.2, -0.15) is 0 Å². The highest BCUT2D eigenvalue weighted by Crippen LogP contribution is 2.28. The molecule has 0 saturated carbocycles. The van der Waals surface area contributed by atoms with Crippen molar-refractivity contribution in [3.63, 3.8) is 0 Å². The van der Waals surface area contributed by atoms with Crippen LogP contribution in [0.4, 0.5) is 0 Å². The predicted octanol–water partition coefficient (Wildman–Crippen LogP) is 3.49. The van der Waals surface area contributed by atoms with E-state index < -0.39 is 0 Å². The van der Waals surface area contributed by atoms with Crippen LogP contribution in [0.2, 0.25) is 0 Å². The third-order valence-corrected chi connectivity index (χ3v) is 4.27. The van der Waals surface area contributed by atoms with Crippen LogP contribution < -0.4 is 5.32 Å². The molecule has 2 nitrogen and oxygen atoms in total. The van der Waals surface area contributed by atoms with E-state index in [-0.39, 0.29) is 5.54 Å². The van der Waals surface area contributed by atoms with Crippen molar-refractivity contribution in [2.45, 2.75) is 31.8 Å². The largest absolute Gasteiger partial charge is 0.305 e. The van der Waals surface area contributed by atoms with Gasteiger partial charge < -0.3 is 5.32 Å². The Morgan fingerprint density at radius 1 is 1.47 bits per heavy atom. The van der Waals surface area contributed by atoms with Crippen molar-refractivity contribution in [1.82, 2.24) is 10.2 Å². The minimum absolute atomic E-state index is 0.0232. The second-order valence-electron chi connectivity index (χ2n) is 5.56. The van der Waals surface area contributed by atoms with E-state index >= 15 is 0 Å². The lowest BCUT2D eigenvalue weighted by atomic mass is 9.88. The molecule has 0 radical (unpaired) electrons. The average Bonchev–Trinajstić information content (AvgIpc) is 2.39. The van der Waals surface area contributed by atoms with Crippen LogP contribution in [0.1, 0.15) is 25.8 Å². The van der Waals surface area contributed by atoms with Gasteiger partial charge in [0.25, 0.3) is 0 Å². The van der Waals surface area contributed by atoms with Crippen molar-refractivity contribution in [3.05, 3.63) is 47.0 Å². The number of rotatable bonds is 4. The summed E-state index contributed by atoms with van der Waals surface area (Å²) in [4.78, 5) is 2.53. The fourth-order valence-electron chi connectivity index (χ4n) is 2.87. The molecular weight excluding hydrogens is 300 g/mol. The zero-order chi connectivity index (χ0) is 13.9. The maximum Gasteiger partial charge on any atom is 0.0535 e. The third-order valence-electron chi connectivity index (χ3n) is 4.02. The monoisotopic (exact) mass is 322 g/mol. The van der Waals surface area contributed by atoms with E-state index in [0.29, 0.717) is 6.04 Å². The van der Waals surface area contributed by atoms with Crippen LogP contribution in [0.5, 0.6) is 0 Å². The van der Waals surface area contributed by atoms with E-state index in [2.05, 4.69) is 76.9 Å². The van der Waals surface area contributed by atoms with Gasteiger partial charge in [0.15, 0.2) is 0 Å². The topological polar surface area (TPSA) is 15.3 Å². The quantitative estimate of drug-likeness (QED) is 0.912. The summed E-state index contributed by atoms with van der Waals surface area (Å²) in [6.07, 6.45) is 1.16. The van der Waals surface area contributed by atoms with E-state index in [1.54, 1.807) is 0 Å². The van der Waals surface area contributed by atoms with Crippen molar-refractivity contribution < 1.29 is 0 Å². The van der Waals surface area contributed by atoms with Crippen LogP contribution in [-0.4, -0.2) is 30.6 Å². The lowest BCUT2D eigenvalue weighted by Crippen LogP contribution is -2.61. The molecule has 2 rings (SSSR count). The first kappa shape index (κ1) is 14.8. The Kier molecular flexibility index (Phi) is 4.82. The van der Waals surface area contributed by atoms with E-state index in [9.17, 15) is 0 Å². The number of piperazine rings is 1. The molecule has 1 heterocycles. The van der Waals surface area contributed by atoms with E-state index in [0.717, 1.165) is 30.5 Å². The van der Waals surface area contributed by atoms with Gasteiger partial charge in [-0.15, -0.1) is 0 Å². The third kappa shape index (κ3) is 3.47. The molecule has 0 amide bonds. The molecule has 0 bridgehead atoms. The number of benzene rings is 1. The summed E-state index contributed by atoms with van der Waals surface area (Å²) in [6.45, 7) is 11.5. The number of nitrogens with one attached hydrogen (secondary N) is 1. The lowest BCUT2D eigenvalue weighted by molar-refractivity contribution is 0.0942. The van der Waals surface area contributed by atoms with Crippen LogP contribution >= 0.6 is 15.9 Å². The van der Waals surface area contributed by atoms with Crippen molar-refractivity contribution in [3.8, 4) is 0 Å². The minimum atomic E-state index is 0.0232. The van der Waals surface area contributed by atoms with Crippen molar-refractivity contribution in [1.29, 1.82) is 0 Å². The number of hydrogen-bond acceptors (Lipinski definition) is 2. The van der Waals surface area contributed by atoms with Gasteiger partial charge in [-0.05, 0) is 18.9 Å². The van der Waals surface area contributed by atoms with Gasteiger partial charge in [-0.25, -0.2) is 0 Å². The van der Waals surface area contributed by atoms with Crippen molar-refractivity contribution >= 4 is 15.9 Å². The molecule has 0 aliphatic carbocycles. The maximum absolute atomic E-state index is 3.99. The zero-order valence-corrected chi connectivity index (χ0v) is 13.4. The van der Waals surface area contributed by atoms with Crippen molar-refractivity contribution in [2.75, 3.05) is 19.6 Å². The average molecular weight is 323 g/mol. The predicted molar refractivity (Wildman–Crippen MR) is 85.5 cm³/mol. The Hall–Kier alpha value is -0.640. The molecule has 104 valence electrons. The summed E-state index contributed by atoms with van der Waals surface area (Å²) in [5, 5.41) is 3.73. The van der Waals surface area contributed by atoms with Crippen LogP contribution in [0.3, 0.4) is 0 Å². The smallest absolute Gasteiger partial charge is 0.0535 e. The molecule has 1 N–H and O–H groups in total. The van der Waals surface area contributed by atoms with E-state index in [1.807, 2.05) is 0 Å². The van der Waals surface area contributed by atoms with Crippen LogP contribution in [-0.2, 0) is 5.54 Å². The SMILES string of the molecule is C=C(Br)CN1CC(C)(c2ccccc2)NCC1CC. The Balaban J connectivity index is 2.18. The van der Waals surface area contributed by atoms with Gasteiger partial charge in [0.05, 0.1) is 5.54 Å². The van der Waals surface area contributed by atoms with Gasteiger partial charge in [-0.3, -0.25) is 4.90 Å². The van der Waals surface area contributed by atoms with Gasteiger partial charge in [-0.1, -0.05) is 59.8 Å². The second-order valence-corrected chi connectivity index (χ2v) is 6.68. The zero-order valence-electron chi connectivity index (χ0n) is 11.8. The fourth-order valence-corrected chi connectivity index (χ4v) is 3.19. The molecule has 1 aromatic rings. The highest BCUT2D eigenvalue weighted by Gasteiger charge is 2.36. The summed E-state index contributed by atoms with van der Waals surface area (Å²) in [5.41, 5.74) is 1.38. The van der Waals surface area contributed by atoms with Gasteiger partial charge >= 0.3 is 0 Å². The summed E-state index contributed by atoms with van der Waals surface area (Å²) in [5.74, 6) is 0. The molecule has 3 heteroatoms. The summed E-state index contributed by atoms with van der Waals surface area (Å²) in [6, 6.07) is 11.3. The van der Waals surface area contributed by atoms with Gasteiger partial charge in [0.1, 0.15) is 0 Å².